The third-order valence-corrected chi connectivity index (χ3v) is 7.26. The second-order valence-corrected chi connectivity index (χ2v) is 9.84. The molecule has 1 aromatic heterocycles. The first-order valence-corrected chi connectivity index (χ1v) is 12.9. The number of fused-ring (bicyclic) bond motifs is 1. The van der Waals surface area contributed by atoms with E-state index in [2.05, 4.69) is 27.5 Å². The molecular weight excluding hydrogens is 472 g/mol. The van der Waals surface area contributed by atoms with Crippen molar-refractivity contribution in [2.24, 2.45) is 0 Å². The molecule has 1 aliphatic rings. The fourth-order valence-electron chi connectivity index (χ4n) is 4.76. The summed E-state index contributed by atoms with van der Waals surface area (Å²) in [5, 5.41) is 12.3. The number of halogens is 1. The van der Waals surface area contributed by atoms with Crippen molar-refractivity contribution in [3.8, 4) is 17.0 Å². The minimum Gasteiger partial charge on any atom is -0.490 e. The number of amides is 1. The minimum atomic E-state index is -0.164. The highest BCUT2D eigenvalue weighted by Gasteiger charge is 2.19. The Hall–Kier alpha value is -3.35. The number of carbonyl (C=O) groups excluding carboxylic acids is 1. The van der Waals surface area contributed by atoms with Crippen LogP contribution in [-0.4, -0.2) is 47.2 Å². The summed E-state index contributed by atoms with van der Waals surface area (Å²) in [6.07, 6.45) is 3.09. The molecular formula is C29H31ClN4O2. The van der Waals surface area contributed by atoms with Gasteiger partial charge in [-0.15, -0.1) is 0 Å². The summed E-state index contributed by atoms with van der Waals surface area (Å²) in [7, 11) is 2.15. The van der Waals surface area contributed by atoms with E-state index >= 15 is 0 Å². The van der Waals surface area contributed by atoms with E-state index in [0.29, 0.717) is 10.6 Å². The average Bonchev–Trinajstić information content (AvgIpc) is 3.33. The molecule has 1 atom stereocenters. The fraction of sp³-hybridized carbons (Fsp3) is 0.310. The fourth-order valence-corrected chi connectivity index (χ4v) is 5.03. The summed E-state index contributed by atoms with van der Waals surface area (Å²) in [5.74, 6) is 0.732. The monoisotopic (exact) mass is 502 g/mol. The highest BCUT2D eigenvalue weighted by Crippen LogP contribution is 2.30. The van der Waals surface area contributed by atoms with E-state index in [1.807, 2.05) is 73.7 Å². The first kappa shape index (κ1) is 24.3. The van der Waals surface area contributed by atoms with Crippen molar-refractivity contribution in [1.29, 1.82) is 0 Å². The molecule has 0 spiro atoms. The van der Waals surface area contributed by atoms with Gasteiger partial charge < -0.3 is 15.0 Å². The van der Waals surface area contributed by atoms with Gasteiger partial charge in [0, 0.05) is 34.6 Å². The number of H-pyrrole nitrogens is 1. The van der Waals surface area contributed by atoms with Crippen molar-refractivity contribution in [2.75, 3.05) is 20.1 Å². The van der Waals surface area contributed by atoms with Gasteiger partial charge in [-0.2, -0.15) is 5.10 Å². The molecule has 0 unspecified atom stereocenters. The Balaban J connectivity index is 1.34. The average molecular weight is 503 g/mol. The molecule has 3 aromatic carbocycles. The molecule has 1 fully saturated rings. The highest BCUT2D eigenvalue weighted by molar-refractivity contribution is 6.31. The van der Waals surface area contributed by atoms with Gasteiger partial charge in [0.05, 0.1) is 17.3 Å². The molecule has 5 rings (SSSR count). The summed E-state index contributed by atoms with van der Waals surface area (Å²) >= 11 is 6.38. The van der Waals surface area contributed by atoms with Crippen LogP contribution in [-0.2, 0) is 0 Å². The number of carbonyl (C=O) groups is 1. The zero-order chi connectivity index (χ0) is 25.1. The van der Waals surface area contributed by atoms with Gasteiger partial charge in [0.25, 0.3) is 5.91 Å². The highest BCUT2D eigenvalue weighted by atomic mass is 35.5. The second-order valence-electron chi connectivity index (χ2n) is 9.43. The molecule has 0 bridgehead atoms. The van der Waals surface area contributed by atoms with E-state index in [0.717, 1.165) is 65.8 Å². The lowest BCUT2D eigenvalue weighted by atomic mass is 10.0. The van der Waals surface area contributed by atoms with Crippen molar-refractivity contribution in [3.05, 3.63) is 82.9 Å². The van der Waals surface area contributed by atoms with Crippen LogP contribution in [0.15, 0.2) is 66.7 Å². The van der Waals surface area contributed by atoms with Crippen LogP contribution in [0.1, 0.15) is 48.1 Å². The third kappa shape index (κ3) is 5.25. The van der Waals surface area contributed by atoms with Crippen LogP contribution in [0.5, 0.6) is 5.75 Å². The van der Waals surface area contributed by atoms with Crippen LogP contribution in [0.2, 0.25) is 5.02 Å². The molecule has 4 aromatic rings. The first-order valence-electron chi connectivity index (χ1n) is 12.5. The van der Waals surface area contributed by atoms with E-state index < -0.39 is 0 Å². The molecule has 2 N–H and O–H groups in total. The van der Waals surface area contributed by atoms with Crippen molar-refractivity contribution in [2.45, 2.75) is 38.3 Å². The van der Waals surface area contributed by atoms with Crippen molar-refractivity contribution < 1.29 is 9.53 Å². The standard InChI is InChI=1S/C29H31ClN4O2/c1-3-26(23-6-4-5-7-25(23)30)31-29(35)20-10-13-27-24(18-20)28(33-32-27)19-8-11-21(12-9-19)36-22-14-16-34(2)17-15-22/h4-13,18,22,26H,3,14-17H2,1-2H3,(H,31,35)(H,32,33)/t26-/m1/s1. The molecule has 0 aliphatic carbocycles. The molecule has 0 radical (unpaired) electrons. The Labute approximate surface area is 216 Å². The molecule has 7 heteroatoms. The van der Waals surface area contributed by atoms with Gasteiger partial charge in [-0.1, -0.05) is 36.7 Å². The summed E-state index contributed by atoms with van der Waals surface area (Å²) in [5.41, 5.74) is 4.16. The van der Waals surface area contributed by atoms with Crippen LogP contribution < -0.4 is 10.1 Å². The third-order valence-electron chi connectivity index (χ3n) is 6.92. The number of aromatic amines is 1. The number of nitrogens with zero attached hydrogens (tertiary/aromatic N) is 2. The van der Waals surface area contributed by atoms with Gasteiger partial charge in [-0.3, -0.25) is 9.89 Å². The smallest absolute Gasteiger partial charge is 0.251 e. The van der Waals surface area contributed by atoms with Crippen LogP contribution in [0, 0.1) is 0 Å². The predicted molar refractivity (Wildman–Crippen MR) is 145 cm³/mol. The number of benzene rings is 3. The summed E-state index contributed by atoms with van der Waals surface area (Å²) < 4.78 is 6.19. The van der Waals surface area contributed by atoms with Crippen molar-refractivity contribution in [1.82, 2.24) is 20.4 Å². The van der Waals surface area contributed by atoms with E-state index in [-0.39, 0.29) is 18.1 Å². The molecule has 0 saturated carbocycles. The predicted octanol–water partition coefficient (Wildman–Crippen LogP) is 6.24. The SMILES string of the molecule is CC[C@@H](NC(=O)c1ccc2[nH]nc(-c3ccc(OC4CCN(C)CC4)cc3)c2c1)c1ccccc1Cl. The maximum atomic E-state index is 13.2. The Morgan fingerprint density at radius 3 is 2.61 bits per heavy atom. The Bertz CT molecular complexity index is 1340. The maximum Gasteiger partial charge on any atom is 0.251 e. The summed E-state index contributed by atoms with van der Waals surface area (Å²) in [4.78, 5) is 15.5. The summed E-state index contributed by atoms with van der Waals surface area (Å²) in [6, 6.07) is 21.1. The van der Waals surface area contributed by atoms with E-state index in [9.17, 15) is 4.79 Å². The van der Waals surface area contributed by atoms with Crippen LogP contribution in [0.3, 0.4) is 0 Å². The summed E-state index contributed by atoms with van der Waals surface area (Å²) in [6.45, 7) is 4.16. The number of hydrogen-bond donors (Lipinski definition) is 2. The Kier molecular flexibility index (Phi) is 7.25. The number of rotatable bonds is 7. The molecule has 1 aliphatic heterocycles. The molecule has 1 amide bonds. The number of ether oxygens (including phenoxy) is 1. The molecule has 36 heavy (non-hydrogen) atoms. The zero-order valence-corrected chi connectivity index (χ0v) is 21.4. The minimum absolute atomic E-state index is 0.141. The van der Waals surface area contributed by atoms with Crippen LogP contribution in [0.25, 0.3) is 22.2 Å². The Morgan fingerprint density at radius 1 is 1.14 bits per heavy atom. The first-order chi connectivity index (χ1) is 17.5. The molecule has 186 valence electrons. The number of likely N-dealkylation sites (tertiary alicyclic amines) is 1. The van der Waals surface area contributed by atoms with Gasteiger partial charge in [-0.25, -0.2) is 0 Å². The number of aromatic nitrogens is 2. The lowest BCUT2D eigenvalue weighted by molar-refractivity contribution is 0.0935. The van der Waals surface area contributed by atoms with Crippen LogP contribution >= 0.6 is 11.6 Å². The number of piperidine rings is 1. The zero-order valence-electron chi connectivity index (χ0n) is 20.6. The second kappa shape index (κ2) is 10.7. The molecule has 1 saturated heterocycles. The Morgan fingerprint density at radius 2 is 1.89 bits per heavy atom. The van der Waals surface area contributed by atoms with Gasteiger partial charge in [0.2, 0.25) is 0 Å². The number of nitrogens with one attached hydrogen (secondary N) is 2. The quantitative estimate of drug-likeness (QED) is 0.314. The van der Waals surface area contributed by atoms with E-state index in [4.69, 9.17) is 16.3 Å². The van der Waals surface area contributed by atoms with Crippen LogP contribution in [0.4, 0.5) is 0 Å². The van der Waals surface area contributed by atoms with E-state index in [1.165, 1.54) is 0 Å². The molecule has 6 nitrogen and oxygen atoms in total. The van der Waals surface area contributed by atoms with Gasteiger partial charge in [-0.05, 0) is 80.4 Å². The van der Waals surface area contributed by atoms with Gasteiger partial charge >= 0.3 is 0 Å². The van der Waals surface area contributed by atoms with Gasteiger partial charge in [0.15, 0.2) is 0 Å². The van der Waals surface area contributed by atoms with E-state index in [1.54, 1.807) is 0 Å². The topological polar surface area (TPSA) is 70.2 Å². The van der Waals surface area contributed by atoms with Gasteiger partial charge in [0.1, 0.15) is 11.9 Å². The number of hydrogen-bond acceptors (Lipinski definition) is 4. The molecule has 2 heterocycles. The normalized spacial score (nSPS) is 15.6. The lowest BCUT2D eigenvalue weighted by Gasteiger charge is -2.29. The lowest BCUT2D eigenvalue weighted by Crippen LogP contribution is -2.35. The maximum absolute atomic E-state index is 13.2. The van der Waals surface area contributed by atoms with Crippen molar-refractivity contribution >= 4 is 28.4 Å². The largest absolute Gasteiger partial charge is 0.490 e. The van der Waals surface area contributed by atoms with Crippen molar-refractivity contribution in [3.63, 3.8) is 0 Å².